The molecule has 5 rings (SSSR count). The van der Waals surface area contributed by atoms with E-state index in [1.807, 2.05) is 31.2 Å². The Labute approximate surface area is 221 Å². The van der Waals surface area contributed by atoms with E-state index in [-0.39, 0.29) is 23.1 Å². The summed E-state index contributed by atoms with van der Waals surface area (Å²) in [6, 6.07) is 14.7. The number of nitrogens with zero attached hydrogens (tertiary/aromatic N) is 3. The summed E-state index contributed by atoms with van der Waals surface area (Å²) in [6.45, 7) is 4.61. The van der Waals surface area contributed by atoms with Crippen molar-refractivity contribution in [2.45, 2.75) is 32.0 Å². The number of hydrogen-bond acceptors (Lipinski definition) is 6. The first-order valence-electron chi connectivity index (χ1n) is 11.4. The van der Waals surface area contributed by atoms with E-state index in [1.165, 1.54) is 23.1 Å². The van der Waals surface area contributed by atoms with E-state index in [2.05, 4.69) is 5.32 Å². The Morgan fingerprint density at radius 2 is 1.92 bits per heavy atom. The zero-order valence-corrected chi connectivity index (χ0v) is 22.1. The minimum atomic E-state index is -0.250. The van der Waals surface area contributed by atoms with E-state index in [9.17, 15) is 14.4 Å². The highest BCUT2D eigenvalue weighted by Crippen LogP contribution is 2.34. The molecule has 2 aromatic heterocycles. The van der Waals surface area contributed by atoms with Crippen molar-refractivity contribution < 1.29 is 9.59 Å². The number of fused-ring (bicyclic) bond motifs is 3. The number of amides is 2. The number of nitrogens with one attached hydrogen (secondary N) is 1. The number of aromatic nitrogens is 2. The molecule has 0 saturated carbocycles. The Bertz CT molecular complexity index is 1550. The number of thioether (sulfide) groups is 1. The van der Waals surface area contributed by atoms with E-state index in [0.717, 1.165) is 16.0 Å². The Balaban J connectivity index is 1.53. The third-order valence-electron chi connectivity index (χ3n) is 6.06. The average molecular weight is 539 g/mol. The van der Waals surface area contributed by atoms with Crippen molar-refractivity contribution in [1.82, 2.24) is 14.5 Å². The molecule has 1 aliphatic heterocycles. The first kappa shape index (κ1) is 24.5. The van der Waals surface area contributed by atoms with E-state index in [1.54, 1.807) is 40.7 Å². The Kier molecular flexibility index (Phi) is 6.87. The molecule has 0 bridgehead atoms. The Morgan fingerprint density at radius 1 is 1.17 bits per heavy atom. The van der Waals surface area contributed by atoms with Crippen LogP contribution in [0.3, 0.4) is 0 Å². The predicted octanol–water partition coefficient (Wildman–Crippen LogP) is 5.04. The number of rotatable bonds is 5. The van der Waals surface area contributed by atoms with Crippen molar-refractivity contribution in [3.05, 3.63) is 79.9 Å². The lowest BCUT2D eigenvalue weighted by Gasteiger charge is -2.25. The fourth-order valence-corrected chi connectivity index (χ4v) is 6.46. The van der Waals surface area contributed by atoms with Crippen LogP contribution in [0.5, 0.6) is 0 Å². The molecule has 184 valence electrons. The predicted molar refractivity (Wildman–Crippen MR) is 146 cm³/mol. The van der Waals surface area contributed by atoms with Crippen LogP contribution < -0.4 is 10.9 Å². The minimum absolute atomic E-state index is 0.0175. The van der Waals surface area contributed by atoms with Gasteiger partial charge in [-0.2, -0.15) is 0 Å². The highest BCUT2D eigenvalue weighted by Gasteiger charge is 2.26. The van der Waals surface area contributed by atoms with Gasteiger partial charge in [-0.05, 0) is 43.2 Å². The number of carbonyl (C=O) groups is 2. The number of anilines is 1. The molecule has 3 heterocycles. The van der Waals surface area contributed by atoms with Crippen molar-refractivity contribution in [2.24, 2.45) is 0 Å². The molecule has 0 spiro atoms. The molecule has 0 radical (unpaired) electrons. The summed E-state index contributed by atoms with van der Waals surface area (Å²) < 4.78 is 1.58. The first-order chi connectivity index (χ1) is 17.3. The van der Waals surface area contributed by atoms with Crippen molar-refractivity contribution in [1.29, 1.82) is 0 Å². The van der Waals surface area contributed by atoms with Crippen LogP contribution in [0.1, 0.15) is 22.9 Å². The molecule has 2 aromatic carbocycles. The lowest BCUT2D eigenvalue weighted by Crippen LogP contribution is -2.34. The molecule has 0 unspecified atom stereocenters. The molecule has 10 heteroatoms. The quantitative estimate of drug-likeness (QED) is 0.284. The van der Waals surface area contributed by atoms with E-state index in [4.69, 9.17) is 16.6 Å². The van der Waals surface area contributed by atoms with Gasteiger partial charge in [0.1, 0.15) is 4.83 Å². The van der Waals surface area contributed by atoms with Crippen molar-refractivity contribution in [3.8, 4) is 5.69 Å². The first-order valence-corrected chi connectivity index (χ1v) is 13.6. The van der Waals surface area contributed by atoms with Gasteiger partial charge in [-0.3, -0.25) is 19.0 Å². The standard InChI is InChI=1S/C26H23ClN4O3S2/c1-15-7-9-17(10-8-15)31-25(34)23-18-11-12-30(16(2)32)13-21(18)36-24(23)29-26(31)35-14-22(33)28-20-6-4-3-5-19(20)27/h3-10H,11-14H2,1-2H3,(H,28,33). The zero-order chi connectivity index (χ0) is 25.4. The van der Waals surface area contributed by atoms with E-state index >= 15 is 0 Å². The minimum Gasteiger partial charge on any atom is -0.337 e. The summed E-state index contributed by atoms with van der Waals surface area (Å²) in [5, 5.41) is 4.31. The van der Waals surface area contributed by atoms with Gasteiger partial charge in [-0.25, -0.2) is 4.98 Å². The van der Waals surface area contributed by atoms with Crippen LogP contribution >= 0.6 is 34.7 Å². The number of aryl methyl sites for hydroxylation is 1. The zero-order valence-electron chi connectivity index (χ0n) is 19.7. The van der Waals surface area contributed by atoms with E-state index < -0.39 is 0 Å². The molecule has 1 aliphatic rings. The lowest BCUT2D eigenvalue weighted by molar-refractivity contribution is -0.129. The number of halogens is 1. The summed E-state index contributed by atoms with van der Waals surface area (Å²) in [5.74, 6) is -0.178. The van der Waals surface area contributed by atoms with E-state index in [0.29, 0.717) is 51.3 Å². The average Bonchev–Trinajstić information content (AvgIpc) is 3.23. The maximum atomic E-state index is 13.9. The second-order valence-corrected chi connectivity index (χ2v) is 11.0. The highest BCUT2D eigenvalue weighted by molar-refractivity contribution is 7.99. The normalized spacial score (nSPS) is 13.0. The summed E-state index contributed by atoms with van der Waals surface area (Å²) in [4.78, 5) is 46.7. The molecule has 2 amide bonds. The summed E-state index contributed by atoms with van der Waals surface area (Å²) in [7, 11) is 0. The van der Waals surface area contributed by atoms with Gasteiger partial charge in [0.2, 0.25) is 11.8 Å². The molecule has 4 aromatic rings. The van der Waals surface area contributed by atoms with Gasteiger partial charge in [-0.1, -0.05) is 53.2 Å². The van der Waals surface area contributed by atoms with Gasteiger partial charge in [0.15, 0.2) is 5.16 Å². The third-order valence-corrected chi connectivity index (χ3v) is 8.44. The van der Waals surface area contributed by atoms with Crippen LogP contribution in [0.15, 0.2) is 58.5 Å². The van der Waals surface area contributed by atoms with Crippen LogP contribution in [0.4, 0.5) is 5.69 Å². The summed E-state index contributed by atoms with van der Waals surface area (Å²) in [5.41, 5.74) is 3.11. The molecule has 7 nitrogen and oxygen atoms in total. The van der Waals surface area contributed by atoms with Crippen LogP contribution in [-0.4, -0.2) is 38.6 Å². The molecule has 0 saturated heterocycles. The molecule has 1 N–H and O–H groups in total. The van der Waals surface area contributed by atoms with Crippen molar-refractivity contribution in [3.63, 3.8) is 0 Å². The van der Waals surface area contributed by atoms with Gasteiger partial charge in [0.05, 0.1) is 34.1 Å². The number of para-hydroxylation sites is 1. The van der Waals surface area contributed by atoms with Gasteiger partial charge in [0, 0.05) is 18.3 Å². The second-order valence-electron chi connectivity index (χ2n) is 8.56. The van der Waals surface area contributed by atoms with Crippen LogP contribution in [0.25, 0.3) is 15.9 Å². The Morgan fingerprint density at radius 3 is 2.64 bits per heavy atom. The fourth-order valence-electron chi connectivity index (χ4n) is 4.19. The second kappa shape index (κ2) is 10.1. The van der Waals surface area contributed by atoms with Gasteiger partial charge in [-0.15, -0.1) is 11.3 Å². The molecule has 0 fully saturated rings. The maximum absolute atomic E-state index is 13.9. The van der Waals surface area contributed by atoms with Crippen LogP contribution in [0, 0.1) is 6.92 Å². The van der Waals surface area contributed by atoms with Crippen LogP contribution in [0.2, 0.25) is 5.02 Å². The molecule has 0 aliphatic carbocycles. The number of carbonyl (C=O) groups excluding carboxylic acids is 2. The number of hydrogen-bond donors (Lipinski definition) is 1. The summed E-state index contributed by atoms with van der Waals surface area (Å²) in [6.07, 6.45) is 0.618. The van der Waals surface area contributed by atoms with Gasteiger partial charge in [0.25, 0.3) is 5.56 Å². The highest BCUT2D eigenvalue weighted by atomic mass is 35.5. The molecular formula is C26H23ClN4O3S2. The number of thiophene rings is 1. The lowest BCUT2D eigenvalue weighted by atomic mass is 10.1. The van der Waals surface area contributed by atoms with Gasteiger partial charge >= 0.3 is 0 Å². The molecule has 0 atom stereocenters. The largest absolute Gasteiger partial charge is 0.337 e. The number of benzene rings is 2. The maximum Gasteiger partial charge on any atom is 0.267 e. The van der Waals surface area contributed by atoms with Gasteiger partial charge < -0.3 is 10.2 Å². The third kappa shape index (κ3) is 4.78. The smallest absolute Gasteiger partial charge is 0.267 e. The van der Waals surface area contributed by atoms with Crippen LogP contribution in [-0.2, 0) is 22.6 Å². The monoisotopic (exact) mass is 538 g/mol. The topological polar surface area (TPSA) is 84.3 Å². The summed E-state index contributed by atoms with van der Waals surface area (Å²) >= 11 is 8.81. The SMILES string of the molecule is CC(=O)N1CCc2c(sc3nc(SCC(=O)Nc4ccccc4Cl)n(-c4ccc(C)cc4)c(=O)c23)C1. The Hall–Kier alpha value is -3.14. The molecule has 36 heavy (non-hydrogen) atoms. The molecular weight excluding hydrogens is 516 g/mol. The fraction of sp³-hybridized carbons (Fsp3) is 0.231. The van der Waals surface area contributed by atoms with Crippen molar-refractivity contribution in [2.75, 3.05) is 17.6 Å². The van der Waals surface area contributed by atoms with Crippen molar-refractivity contribution >= 4 is 62.4 Å².